The topological polar surface area (TPSA) is 50.4 Å². The van der Waals surface area contributed by atoms with Gasteiger partial charge >= 0.3 is 5.97 Å². The van der Waals surface area contributed by atoms with Crippen LogP contribution in [-0.2, 0) is 0 Å². The Morgan fingerprint density at radius 2 is 2.36 bits per heavy atom. The number of hydrogen-bond donors (Lipinski definition) is 1. The summed E-state index contributed by atoms with van der Waals surface area (Å²) in [6, 6.07) is 2.92. The molecule has 1 aromatic rings. The van der Waals surface area contributed by atoms with Crippen molar-refractivity contribution in [3.05, 3.63) is 36.8 Å². The fourth-order valence-corrected chi connectivity index (χ4v) is 0.400. The molecule has 0 bridgehead atoms. The van der Waals surface area contributed by atoms with Gasteiger partial charge in [-0.2, -0.15) is 0 Å². The number of carbonyl (C=O) groups is 1. The molecule has 1 heterocycles. The third kappa shape index (κ3) is 3.97. The van der Waals surface area contributed by atoms with Gasteiger partial charge in [0.2, 0.25) is 5.76 Å². The van der Waals surface area contributed by atoms with Gasteiger partial charge < -0.3 is 9.52 Å². The van der Waals surface area contributed by atoms with Gasteiger partial charge in [0.15, 0.2) is 0 Å². The number of carboxylic acids is 1. The Labute approximate surface area is 65.0 Å². The fourth-order valence-electron chi connectivity index (χ4n) is 0.400. The van der Waals surface area contributed by atoms with Gasteiger partial charge in [-0.05, 0) is 19.1 Å². The summed E-state index contributed by atoms with van der Waals surface area (Å²) >= 11 is 0. The molecule has 0 saturated heterocycles. The van der Waals surface area contributed by atoms with Crippen LogP contribution in [0.1, 0.15) is 17.5 Å². The highest BCUT2D eigenvalue weighted by atomic mass is 16.4. The van der Waals surface area contributed by atoms with Crippen molar-refractivity contribution in [3.63, 3.8) is 0 Å². The van der Waals surface area contributed by atoms with Crippen LogP contribution in [0, 0.1) is 0 Å². The predicted octanol–water partition coefficient (Wildman–Crippen LogP) is 2.17. The maximum Gasteiger partial charge on any atom is 0.371 e. The lowest BCUT2D eigenvalue weighted by molar-refractivity contribution is 0.0662. The molecule has 0 aromatic carbocycles. The van der Waals surface area contributed by atoms with Crippen LogP contribution < -0.4 is 0 Å². The summed E-state index contributed by atoms with van der Waals surface area (Å²) < 4.78 is 4.50. The average Bonchev–Trinajstić information content (AvgIpc) is 2.38. The largest absolute Gasteiger partial charge is 0.475 e. The summed E-state index contributed by atoms with van der Waals surface area (Å²) in [5.41, 5.74) is 0. The molecule has 1 aromatic heterocycles. The second-order valence-corrected chi connectivity index (χ2v) is 1.69. The molecule has 60 valence electrons. The first-order chi connectivity index (χ1) is 5.22. The highest BCUT2D eigenvalue weighted by Crippen LogP contribution is 1.97. The number of rotatable bonds is 1. The smallest absolute Gasteiger partial charge is 0.371 e. The van der Waals surface area contributed by atoms with Gasteiger partial charge in [-0.1, -0.05) is 6.08 Å². The van der Waals surface area contributed by atoms with Gasteiger partial charge in [-0.15, -0.1) is 6.58 Å². The molecule has 0 atom stereocenters. The summed E-state index contributed by atoms with van der Waals surface area (Å²) in [5, 5.41) is 8.18. The first kappa shape index (κ1) is 9.49. The molecule has 3 heteroatoms. The van der Waals surface area contributed by atoms with Gasteiger partial charge in [0.1, 0.15) is 0 Å². The molecular formula is C8H10O3. The maximum atomic E-state index is 9.97. The molecule has 3 nitrogen and oxygen atoms in total. The van der Waals surface area contributed by atoms with Crippen LogP contribution in [0.15, 0.2) is 35.5 Å². The Balaban J connectivity index is 0.000000292. The second kappa shape index (κ2) is 5.29. The van der Waals surface area contributed by atoms with Gasteiger partial charge in [0, 0.05) is 0 Å². The average molecular weight is 154 g/mol. The Morgan fingerprint density at radius 1 is 1.82 bits per heavy atom. The van der Waals surface area contributed by atoms with E-state index in [1.165, 1.54) is 18.4 Å². The zero-order chi connectivity index (χ0) is 8.69. The van der Waals surface area contributed by atoms with E-state index < -0.39 is 5.97 Å². The van der Waals surface area contributed by atoms with Crippen LogP contribution in [-0.4, -0.2) is 11.1 Å². The normalized spacial score (nSPS) is 7.73. The molecule has 11 heavy (non-hydrogen) atoms. The Morgan fingerprint density at radius 3 is 2.55 bits per heavy atom. The fraction of sp³-hybridized carbons (Fsp3) is 0.125. The van der Waals surface area contributed by atoms with Crippen molar-refractivity contribution in [3.8, 4) is 0 Å². The van der Waals surface area contributed by atoms with Crippen molar-refractivity contribution in [2.75, 3.05) is 0 Å². The molecule has 1 N–H and O–H groups in total. The predicted molar refractivity (Wildman–Crippen MR) is 41.5 cm³/mol. The van der Waals surface area contributed by atoms with E-state index in [-0.39, 0.29) is 5.76 Å². The molecule has 0 amide bonds. The lowest BCUT2D eigenvalue weighted by atomic mass is 10.5. The summed E-state index contributed by atoms with van der Waals surface area (Å²) in [7, 11) is 0. The van der Waals surface area contributed by atoms with Gasteiger partial charge in [0.25, 0.3) is 0 Å². The zero-order valence-corrected chi connectivity index (χ0v) is 6.28. The molecule has 0 radical (unpaired) electrons. The van der Waals surface area contributed by atoms with Gasteiger partial charge in [-0.25, -0.2) is 4.79 Å². The zero-order valence-electron chi connectivity index (χ0n) is 6.28. The Hall–Kier alpha value is -1.51. The van der Waals surface area contributed by atoms with Gasteiger partial charge in [0.05, 0.1) is 6.26 Å². The third-order valence-corrected chi connectivity index (χ3v) is 0.732. The minimum Gasteiger partial charge on any atom is -0.475 e. The molecule has 0 fully saturated rings. The van der Waals surface area contributed by atoms with Gasteiger partial charge in [-0.3, -0.25) is 0 Å². The van der Waals surface area contributed by atoms with Crippen molar-refractivity contribution in [2.24, 2.45) is 0 Å². The molecule has 0 aliphatic rings. The molecule has 0 aliphatic carbocycles. The molecular weight excluding hydrogens is 144 g/mol. The van der Waals surface area contributed by atoms with Crippen molar-refractivity contribution >= 4 is 5.97 Å². The highest BCUT2D eigenvalue weighted by molar-refractivity contribution is 5.84. The summed E-state index contributed by atoms with van der Waals surface area (Å²) in [6.45, 7) is 5.25. The minimum absolute atomic E-state index is 0.0231. The molecule has 0 spiro atoms. The molecule has 0 saturated carbocycles. The first-order valence-corrected chi connectivity index (χ1v) is 3.06. The third-order valence-electron chi connectivity index (χ3n) is 0.732. The van der Waals surface area contributed by atoms with Crippen molar-refractivity contribution in [1.82, 2.24) is 0 Å². The van der Waals surface area contributed by atoms with E-state index in [1.54, 1.807) is 6.08 Å². The van der Waals surface area contributed by atoms with Crippen LogP contribution in [0.3, 0.4) is 0 Å². The van der Waals surface area contributed by atoms with Crippen molar-refractivity contribution in [1.29, 1.82) is 0 Å². The molecule has 1 rings (SSSR count). The Kier molecular flexibility index (Phi) is 4.56. The standard InChI is InChI=1S/C5H4O3.C3H6/c6-5(7)4-2-1-3-8-4;1-3-2/h1-3H,(H,6,7);3H,1H2,2H3. The summed E-state index contributed by atoms with van der Waals surface area (Å²) in [5.74, 6) is -1.06. The van der Waals surface area contributed by atoms with E-state index in [4.69, 9.17) is 5.11 Å². The van der Waals surface area contributed by atoms with Crippen molar-refractivity contribution in [2.45, 2.75) is 6.92 Å². The highest BCUT2D eigenvalue weighted by Gasteiger charge is 2.01. The number of allylic oxidation sites excluding steroid dienone is 1. The number of aromatic carboxylic acids is 1. The van der Waals surface area contributed by atoms with E-state index >= 15 is 0 Å². The SMILES string of the molecule is C=CC.O=C(O)c1ccco1. The van der Waals surface area contributed by atoms with E-state index in [0.717, 1.165) is 0 Å². The summed E-state index contributed by atoms with van der Waals surface area (Å²) in [6.07, 6.45) is 3.07. The van der Waals surface area contributed by atoms with Crippen LogP contribution in [0.4, 0.5) is 0 Å². The number of carboxylic acid groups (broad SMARTS) is 1. The van der Waals surface area contributed by atoms with Crippen LogP contribution >= 0.6 is 0 Å². The van der Waals surface area contributed by atoms with Crippen molar-refractivity contribution < 1.29 is 14.3 Å². The minimum atomic E-state index is -1.03. The first-order valence-electron chi connectivity index (χ1n) is 3.06. The second-order valence-electron chi connectivity index (χ2n) is 1.69. The van der Waals surface area contributed by atoms with E-state index in [9.17, 15) is 4.79 Å². The molecule has 0 aliphatic heterocycles. The number of furan rings is 1. The van der Waals surface area contributed by atoms with E-state index in [1.807, 2.05) is 6.92 Å². The monoisotopic (exact) mass is 154 g/mol. The number of hydrogen-bond acceptors (Lipinski definition) is 2. The molecule has 0 unspecified atom stereocenters. The van der Waals surface area contributed by atoms with Crippen LogP contribution in [0.25, 0.3) is 0 Å². The van der Waals surface area contributed by atoms with Crippen LogP contribution in [0.2, 0.25) is 0 Å². The van der Waals surface area contributed by atoms with E-state index in [2.05, 4.69) is 11.0 Å². The maximum absolute atomic E-state index is 9.97. The van der Waals surface area contributed by atoms with E-state index in [0.29, 0.717) is 0 Å². The Bertz CT molecular complexity index is 211. The summed E-state index contributed by atoms with van der Waals surface area (Å²) in [4.78, 5) is 9.97. The quantitative estimate of drug-likeness (QED) is 0.630. The lowest BCUT2D eigenvalue weighted by Gasteiger charge is -1.79. The lowest BCUT2D eigenvalue weighted by Crippen LogP contribution is -1.90. The van der Waals surface area contributed by atoms with Crippen LogP contribution in [0.5, 0.6) is 0 Å².